The van der Waals surface area contributed by atoms with Gasteiger partial charge in [0.2, 0.25) is 0 Å². The van der Waals surface area contributed by atoms with Crippen LogP contribution in [0.25, 0.3) is 10.2 Å². The molecule has 8 nitrogen and oxygen atoms in total. The van der Waals surface area contributed by atoms with E-state index < -0.39 is 10.9 Å². The quantitative estimate of drug-likeness (QED) is 0.311. The van der Waals surface area contributed by atoms with Crippen molar-refractivity contribution in [3.63, 3.8) is 0 Å². The molecule has 2 aromatic heterocycles. The average Bonchev–Trinajstić information content (AvgIpc) is 3.09. The molecule has 0 atom stereocenters. The normalized spacial score (nSPS) is 10.8. The van der Waals surface area contributed by atoms with Crippen molar-refractivity contribution in [3.05, 3.63) is 45.0 Å². The van der Waals surface area contributed by atoms with Gasteiger partial charge in [-0.3, -0.25) is 14.8 Å². The van der Waals surface area contributed by atoms with E-state index in [1.807, 2.05) is 6.92 Å². The summed E-state index contributed by atoms with van der Waals surface area (Å²) < 4.78 is 12.1. The van der Waals surface area contributed by atoms with Gasteiger partial charge in [-0.05, 0) is 19.1 Å². The number of methoxy groups -OCH3 is 1. The maximum atomic E-state index is 12.4. The summed E-state index contributed by atoms with van der Waals surface area (Å²) in [7, 11) is 3.19. The average molecular weight is 347 g/mol. The number of thiophene rings is 1. The molecule has 0 saturated heterocycles. The first kappa shape index (κ1) is 15.9. The fourth-order valence-electron chi connectivity index (χ4n) is 2.31. The molecule has 0 saturated carbocycles. The number of ether oxygens (including phenoxy) is 2. The summed E-state index contributed by atoms with van der Waals surface area (Å²) in [5.41, 5.74) is 0.630. The number of rotatable bonds is 4. The predicted octanol–water partition coefficient (Wildman–Crippen LogP) is 3.08. The second-order valence-electron chi connectivity index (χ2n) is 5.02. The summed E-state index contributed by atoms with van der Waals surface area (Å²) in [4.78, 5) is 23.9. The van der Waals surface area contributed by atoms with Crippen molar-refractivity contribution in [3.8, 4) is 11.5 Å². The Morgan fingerprint density at radius 3 is 2.71 bits per heavy atom. The Hall–Kier alpha value is -2.94. The van der Waals surface area contributed by atoms with E-state index in [0.29, 0.717) is 4.88 Å². The molecule has 0 N–H and O–H groups in total. The molecule has 0 bridgehead atoms. The molecular weight excluding hydrogens is 334 g/mol. The lowest BCUT2D eigenvalue weighted by Gasteiger charge is -2.08. The molecule has 9 heteroatoms. The summed E-state index contributed by atoms with van der Waals surface area (Å²) in [5, 5.41) is 16.0. The first-order chi connectivity index (χ1) is 11.4. The number of aryl methyl sites for hydroxylation is 2. The largest absolute Gasteiger partial charge is 0.493 e. The van der Waals surface area contributed by atoms with Crippen LogP contribution in [0, 0.1) is 17.0 Å². The van der Waals surface area contributed by atoms with E-state index in [1.54, 1.807) is 17.8 Å². The standard InChI is InChI=1S/C15H13N3O5S/c1-8-10-7-13(24-14(10)17(2)16-8)15(19)23-12-6-9(18(20)21)4-5-11(12)22-3/h4-7H,1-3H3. The molecule has 0 radical (unpaired) electrons. The predicted molar refractivity (Wildman–Crippen MR) is 87.9 cm³/mol. The van der Waals surface area contributed by atoms with Gasteiger partial charge in [0.25, 0.3) is 5.69 Å². The number of benzene rings is 1. The van der Waals surface area contributed by atoms with Crippen LogP contribution in [-0.2, 0) is 7.05 Å². The van der Waals surface area contributed by atoms with Crippen molar-refractivity contribution >= 4 is 33.2 Å². The number of nitro groups is 1. The maximum Gasteiger partial charge on any atom is 0.353 e. The Bertz CT molecular complexity index is 925. The Balaban J connectivity index is 1.94. The van der Waals surface area contributed by atoms with Crippen LogP contribution in [-0.4, -0.2) is 27.8 Å². The van der Waals surface area contributed by atoms with E-state index in [4.69, 9.17) is 9.47 Å². The molecule has 124 valence electrons. The van der Waals surface area contributed by atoms with Crippen molar-refractivity contribution in [2.75, 3.05) is 7.11 Å². The van der Waals surface area contributed by atoms with Gasteiger partial charge >= 0.3 is 5.97 Å². The number of non-ortho nitro benzene ring substituents is 1. The molecule has 0 aliphatic carbocycles. The van der Waals surface area contributed by atoms with E-state index in [1.165, 1.54) is 30.6 Å². The van der Waals surface area contributed by atoms with E-state index in [-0.39, 0.29) is 17.2 Å². The molecule has 0 amide bonds. The zero-order valence-corrected chi connectivity index (χ0v) is 13.9. The van der Waals surface area contributed by atoms with Crippen LogP contribution in [0.3, 0.4) is 0 Å². The van der Waals surface area contributed by atoms with Crippen LogP contribution in [0.2, 0.25) is 0 Å². The van der Waals surface area contributed by atoms with E-state index in [2.05, 4.69) is 5.10 Å². The zero-order valence-electron chi connectivity index (χ0n) is 13.1. The number of aromatic nitrogens is 2. The van der Waals surface area contributed by atoms with Crippen molar-refractivity contribution in [1.29, 1.82) is 0 Å². The highest BCUT2D eigenvalue weighted by molar-refractivity contribution is 7.20. The summed E-state index contributed by atoms with van der Waals surface area (Å²) >= 11 is 1.25. The second-order valence-corrected chi connectivity index (χ2v) is 6.05. The Morgan fingerprint density at radius 2 is 2.08 bits per heavy atom. The second kappa shape index (κ2) is 5.93. The first-order valence-corrected chi connectivity index (χ1v) is 7.70. The Morgan fingerprint density at radius 1 is 1.33 bits per heavy atom. The van der Waals surface area contributed by atoms with Crippen molar-refractivity contribution < 1.29 is 19.2 Å². The van der Waals surface area contributed by atoms with Crippen LogP contribution in [0.1, 0.15) is 15.4 Å². The molecule has 0 spiro atoms. The fourth-order valence-corrected chi connectivity index (χ4v) is 3.31. The third-order valence-corrected chi connectivity index (χ3v) is 4.64. The van der Waals surface area contributed by atoms with Gasteiger partial charge in [0.1, 0.15) is 9.71 Å². The maximum absolute atomic E-state index is 12.4. The molecular formula is C15H13N3O5S. The molecule has 24 heavy (non-hydrogen) atoms. The van der Waals surface area contributed by atoms with Crippen LogP contribution < -0.4 is 9.47 Å². The van der Waals surface area contributed by atoms with E-state index >= 15 is 0 Å². The molecule has 0 aliphatic rings. The minimum atomic E-state index is -0.602. The molecule has 3 rings (SSSR count). The summed E-state index contributed by atoms with van der Waals surface area (Å²) in [5.74, 6) is -0.355. The first-order valence-electron chi connectivity index (χ1n) is 6.88. The number of fused-ring (bicyclic) bond motifs is 1. The zero-order chi connectivity index (χ0) is 17.4. The molecule has 0 unspecified atom stereocenters. The van der Waals surface area contributed by atoms with Gasteiger partial charge < -0.3 is 9.47 Å². The van der Waals surface area contributed by atoms with Gasteiger partial charge in [-0.1, -0.05) is 0 Å². The van der Waals surface area contributed by atoms with Gasteiger partial charge in [-0.2, -0.15) is 5.10 Å². The monoisotopic (exact) mass is 347 g/mol. The van der Waals surface area contributed by atoms with E-state index in [9.17, 15) is 14.9 Å². The number of hydrogen-bond acceptors (Lipinski definition) is 7. The highest BCUT2D eigenvalue weighted by Gasteiger charge is 2.20. The topological polar surface area (TPSA) is 96.5 Å². The third kappa shape index (κ3) is 2.69. The SMILES string of the molecule is COc1ccc([N+](=O)[O-])cc1OC(=O)c1cc2c(C)nn(C)c2s1. The van der Waals surface area contributed by atoms with Gasteiger partial charge in [-0.25, -0.2) is 4.79 Å². The molecule has 1 aromatic carbocycles. The van der Waals surface area contributed by atoms with E-state index in [0.717, 1.165) is 22.0 Å². The lowest BCUT2D eigenvalue weighted by molar-refractivity contribution is -0.384. The number of carbonyl (C=O) groups is 1. The van der Waals surface area contributed by atoms with Crippen molar-refractivity contribution in [2.45, 2.75) is 6.92 Å². The molecule has 0 aliphatic heterocycles. The Kier molecular flexibility index (Phi) is 3.94. The molecule has 0 fully saturated rings. The van der Waals surface area contributed by atoms with Gasteiger partial charge in [0.05, 0.1) is 23.8 Å². The highest BCUT2D eigenvalue weighted by atomic mass is 32.1. The molecule has 2 heterocycles. The van der Waals surface area contributed by atoms with Crippen molar-refractivity contribution in [1.82, 2.24) is 9.78 Å². The van der Waals surface area contributed by atoms with Crippen LogP contribution >= 0.6 is 11.3 Å². The lowest BCUT2D eigenvalue weighted by Crippen LogP contribution is -2.07. The van der Waals surface area contributed by atoms with Crippen LogP contribution in [0.15, 0.2) is 24.3 Å². The summed E-state index contributed by atoms with van der Waals surface area (Å²) in [6.07, 6.45) is 0. The number of nitrogens with zero attached hydrogens (tertiary/aromatic N) is 3. The lowest BCUT2D eigenvalue weighted by atomic mass is 10.3. The minimum absolute atomic E-state index is 0.00371. The van der Waals surface area contributed by atoms with Crippen LogP contribution in [0.4, 0.5) is 5.69 Å². The number of nitro benzene ring substituents is 1. The van der Waals surface area contributed by atoms with Crippen LogP contribution in [0.5, 0.6) is 11.5 Å². The summed E-state index contributed by atoms with van der Waals surface area (Å²) in [6, 6.07) is 5.54. The summed E-state index contributed by atoms with van der Waals surface area (Å²) in [6.45, 7) is 1.85. The Labute approximate surface area is 140 Å². The van der Waals surface area contributed by atoms with Gasteiger partial charge in [0, 0.05) is 18.5 Å². The molecule has 3 aromatic rings. The highest BCUT2D eigenvalue weighted by Crippen LogP contribution is 2.33. The number of esters is 1. The minimum Gasteiger partial charge on any atom is -0.493 e. The van der Waals surface area contributed by atoms with Gasteiger partial charge in [-0.15, -0.1) is 11.3 Å². The van der Waals surface area contributed by atoms with Gasteiger partial charge in [0.15, 0.2) is 11.5 Å². The smallest absolute Gasteiger partial charge is 0.353 e. The number of carbonyl (C=O) groups excluding carboxylic acids is 1. The number of hydrogen-bond donors (Lipinski definition) is 0. The third-order valence-electron chi connectivity index (χ3n) is 3.46. The fraction of sp³-hybridized carbons (Fsp3) is 0.200. The van der Waals surface area contributed by atoms with Crippen molar-refractivity contribution in [2.24, 2.45) is 7.05 Å².